The van der Waals surface area contributed by atoms with Gasteiger partial charge in [-0.2, -0.15) is 0 Å². The number of hydrogen-bond acceptors (Lipinski definition) is 5. The first kappa shape index (κ1) is 17.9. The molecule has 3 rings (SSSR count). The normalized spacial score (nSPS) is 22.6. The molecule has 2 aliphatic rings. The van der Waals surface area contributed by atoms with Crippen LogP contribution in [0.2, 0.25) is 0 Å². The van der Waals surface area contributed by atoms with Crippen LogP contribution in [0.4, 0.5) is 5.69 Å². The van der Waals surface area contributed by atoms with Crippen molar-refractivity contribution in [3.8, 4) is 5.75 Å². The number of hydrogen-bond donors (Lipinski definition) is 0. The quantitative estimate of drug-likeness (QED) is 0.581. The number of unbranched alkanes of at least 4 members (excludes halogenated alkanes) is 1. The number of piperazine rings is 1. The Balaban J connectivity index is 1.66. The molecule has 25 heavy (non-hydrogen) atoms. The van der Waals surface area contributed by atoms with E-state index in [4.69, 9.17) is 4.74 Å². The molecule has 0 radical (unpaired) electrons. The van der Waals surface area contributed by atoms with Crippen molar-refractivity contribution in [1.29, 1.82) is 0 Å². The average Bonchev–Trinajstić information content (AvgIpc) is 2.91. The van der Waals surface area contributed by atoms with Crippen molar-refractivity contribution in [2.75, 3.05) is 44.7 Å². The van der Waals surface area contributed by atoms with Crippen molar-refractivity contribution in [3.63, 3.8) is 0 Å². The molecule has 2 heterocycles. The maximum Gasteiger partial charge on any atom is 0.251 e. The lowest BCUT2D eigenvalue weighted by molar-refractivity contribution is -0.123. The topological polar surface area (TPSA) is 53.1 Å². The zero-order chi connectivity index (χ0) is 17.8. The van der Waals surface area contributed by atoms with Crippen LogP contribution < -0.4 is 9.64 Å². The third kappa shape index (κ3) is 4.02. The molecule has 2 saturated heterocycles. The second-order valence-corrected chi connectivity index (χ2v) is 6.82. The van der Waals surface area contributed by atoms with Gasteiger partial charge in [0.05, 0.1) is 24.8 Å². The molecule has 0 spiro atoms. The highest BCUT2D eigenvalue weighted by molar-refractivity contribution is 6.22. The van der Waals surface area contributed by atoms with E-state index in [-0.39, 0.29) is 24.3 Å². The lowest BCUT2D eigenvalue weighted by atomic mass is 10.2. The van der Waals surface area contributed by atoms with Crippen molar-refractivity contribution in [2.45, 2.75) is 32.2 Å². The van der Waals surface area contributed by atoms with Crippen LogP contribution in [-0.2, 0) is 9.59 Å². The Morgan fingerprint density at radius 3 is 2.40 bits per heavy atom. The maximum absolute atomic E-state index is 12.8. The van der Waals surface area contributed by atoms with Crippen molar-refractivity contribution in [1.82, 2.24) is 9.80 Å². The van der Waals surface area contributed by atoms with Crippen LogP contribution in [0.25, 0.3) is 0 Å². The average molecular weight is 345 g/mol. The fourth-order valence-corrected chi connectivity index (χ4v) is 3.33. The molecule has 2 fully saturated rings. The molecule has 2 amide bonds. The SMILES string of the molecule is CCCCOc1ccc(N2C(=O)CC(N3CCN(C)CC3)C2=O)cc1. The van der Waals surface area contributed by atoms with Gasteiger partial charge in [0.2, 0.25) is 5.91 Å². The number of nitrogens with zero attached hydrogens (tertiary/aromatic N) is 3. The first-order valence-electron chi connectivity index (χ1n) is 9.12. The summed E-state index contributed by atoms with van der Waals surface area (Å²) in [5.74, 6) is 0.551. The summed E-state index contributed by atoms with van der Waals surface area (Å²) in [5.41, 5.74) is 0.634. The van der Waals surface area contributed by atoms with Crippen LogP contribution in [0.1, 0.15) is 26.2 Å². The molecule has 1 aromatic carbocycles. The number of amides is 2. The van der Waals surface area contributed by atoms with E-state index in [2.05, 4.69) is 23.8 Å². The minimum Gasteiger partial charge on any atom is -0.494 e. The van der Waals surface area contributed by atoms with Crippen LogP contribution in [0.15, 0.2) is 24.3 Å². The van der Waals surface area contributed by atoms with Crippen LogP contribution in [-0.4, -0.2) is 67.5 Å². The van der Waals surface area contributed by atoms with Crippen LogP contribution in [0.3, 0.4) is 0 Å². The van der Waals surface area contributed by atoms with Crippen molar-refractivity contribution in [3.05, 3.63) is 24.3 Å². The Labute approximate surface area is 149 Å². The molecule has 1 unspecified atom stereocenters. The standard InChI is InChI=1S/C19H27N3O3/c1-3-4-13-25-16-7-5-15(6-8-16)22-18(23)14-17(19(22)24)21-11-9-20(2)10-12-21/h5-8,17H,3-4,9-14H2,1-2H3. The monoisotopic (exact) mass is 345 g/mol. The third-order valence-electron chi connectivity index (χ3n) is 4.96. The molecule has 0 N–H and O–H groups in total. The Morgan fingerprint density at radius 2 is 1.76 bits per heavy atom. The third-order valence-corrected chi connectivity index (χ3v) is 4.96. The molecular weight excluding hydrogens is 318 g/mol. The fourth-order valence-electron chi connectivity index (χ4n) is 3.33. The highest BCUT2D eigenvalue weighted by Gasteiger charge is 2.43. The molecular formula is C19H27N3O3. The van der Waals surface area contributed by atoms with Gasteiger partial charge in [-0.1, -0.05) is 13.3 Å². The number of imide groups is 1. The molecule has 1 atom stereocenters. The Bertz CT molecular complexity index is 609. The maximum atomic E-state index is 12.8. The Kier molecular flexibility index (Phi) is 5.71. The van der Waals surface area contributed by atoms with E-state index in [0.717, 1.165) is 44.8 Å². The largest absolute Gasteiger partial charge is 0.494 e. The summed E-state index contributed by atoms with van der Waals surface area (Å²) in [6, 6.07) is 6.93. The summed E-state index contributed by atoms with van der Waals surface area (Å²) < 4.78 is 5.64. The number of carbonyl (C=O) groups is 2. The summed E-state index contributed by atoms with van der Waals surface area (Å²) >= 11 is 0. The Morgan fingerprint density at radius 1 is 1.08 bits per heavy atom. The lowest BCUT2D eigenvalue weighted by Crippen LogP contribution is -2.51. The number of likely N-dealkylation sites (N-methyl/N-ethyl adjacent to an activating group) is 1. The highest BCUT2D eigenvalue weighted by Crippen LogP contribution is 2.27. The van der Waals surface area contributed by atoms with Crippen molar-refractivity contribution in [2.24, 2.45) is 0 Å². The number of benzene rings is 1. The summed E-state index contributed by atoms with van der Waals surface area (Å²) in [7, 11) is 2.08. The van der Waals surface area contributed by atoms with Gasteiger partial charge in [0.25, 0.3) is 5.91 Å². The van der Waals surface area contributed by atoms with E-state index in [1.54, 1.807) is 12.1 Å². The van der Waals surface area contributed by atoms with Gasteiger partial charge in [-0.05, 0) is 37.7 Å². The van der Waals surface area contributed by atoms with E-state index >= 15 is 0 Å². The first-order valence-corrected chi connectivity index (χ1v) is 9.12. The summed E-state index contributed by atoms with van der Waals surface area (Å²) in [4.78, 5) is 31.0. The molecule has 0 saturated carbocycles. The highest BCUT2D eigenvalue weighted by atomic mass is 16.5. The van der Waals surface area contributed by atoms with Crippen LogP contribution >= 0.6 is 0 Å². The van der Waals surface area contributed by atoms with Crippen molar-refractivity contribution >= 4 is 17.5 Å². The van der Waals surface area contributed by atoms with Crippen LogP contribution in [0.5, 0.6) is 5.75 Å². The molecule has 6 nitrogen and oxygen atoms in total. The molecule has 2 aliphatic heterocycles. The summed E-state index contributed by atoms with van der Waals surface area (Å²) in [6.07, 6.45) is 2.37. The molecule has 6 heteroatoms. The van der Waals surface area contributed by atoms with E-state index in [1.807, 2.05) is 12.1 Å². The number of carbonyl (C=O) groups excluding carboxylic acids is 2. The second-order valence-electron chi connectivity index (χ2n) is 6.82. The first-order chi connectivity index (χ1) is 12.1. The van der Waals surface area contributed by atoms with Gasteiger partial charge in [0, 0.05) is 26.2 Å². The number of rotatable bonds is 6. The zero-order valence-corrected chi connectivity index (χ0v) is 15.1. The van der Waals surface area contributed by atoms with Gasteiger partial charge in [-0.15, -0.1) is 0 Å². The molecule has 1 aromatic rings. The Hall–Kier alpha value is -1.92. The van der Waals surface area contributed by atoms with E-state index in [9.17, 15) is 9.59 Å². The van der Waals surface area contributed by atoms with Crippen molar-refractivity contribution < 1.29 is 14.3 Å². The van der Waals surface area contributed by atoms with Gasteiger partial charge in [-0.3, -0.25) is 14.5 Å². The molecule has 0 aliphatic carbocycles. The van der Waals surface area contributed by atoms with Gasteiger partial charge in [-0.25, -0.2) is 4.90 Å². The van der Waals surface area contributed by atoms with E-state index in [1.165, 1.54) is 4.90 Å². The summed E-state index contributed by atoms with van der Waals surface area (Å²) in [6.45, 7) is 6.33. The van der Waals surface area contributed by atoms with Gasteiger partial charge in [0.1, 0.15) is 5.75 Å². The minimum atomic E-state index is -0.318. The smallest absolute Gasteiger partial charge is 0.251 e. The zero-order valence-electron chi connectivity index (χ0n) is 15.1. The predicted molar refractivity (Wildman–Crippen MR) is 96.8 cm³/mol. The van der Waals surface area contributed by atoms with Gasteiger partial charge in [0.15, 0.2) is 0 Å². The van der Waals surface area contributed by atoms with Gasteiger partial charge >= 0.3 is 0 Å². The number of ether oxygens (including phenoxy) is 1. The predicted octanol–water partition coefficient (Wildman–Crippen LogP) is 1.74. The van der Waals surface area contributed by atoms with E-state index < -0.39 is 0 Å². The molecule has 136 valence electrons. The minimum absolute atomic E-state index is 0.103. The lowest BCUT2D eigenvalue weighted by Gasteiger charge is -2.35. The van der Waals surface area contributed by atoms with Gasteiger partial charge < -0.3 is 9.64 Å². The summed E-state index contributed by atoms with van der Waals surface area (Å²) in [5, 5.41) is 0. The van der Waals surface area contributed by atoms with E-state index in [0.29, 0.717) is 12.3 Å². The fraction of sp³-hybridized carbons (Fsp3) is 0.579. The molecule has 0 bridgehead atoms. The van der Waals surface area contributed by atoms with Crippen LogP contribution in [0, 0.1) is 0 Å². The number of anilines is 1. The molecule has 0 aromatic heterocycles. The second kappa shape index (κ2) is 7.97.